The normalized spacial score (nSPS) is 27.4. The molecule has 0 bridgehead atoms. The lowest BCUT2D eigenvalue weighted by molar-refractivity contribution is -0.384. The summed E-state index contributed by atoms with van der Waals surface area (Å²) in [4.78, 5) is 71.4. The van der Waals surface area contributed by atoms with Crippen LogP contribution in [0.3, 0.4) is 0 Å². The van der Waals surface area contributed by atoms with Gasteiger partial charge in [0, 0.05) is 28.6 Å². The Morgan fingerprint density at radius 2 is 1.47 bits per heavy atom. The van der Waals surface area contributed by atoms with Crippen LogP contribution in [0.15, 0.2) is 115 Å². The van der Waals surface area contributed by atoms with Crippen molar-refractivity contribution in [3.63, 3.8) is 0 Å². The number of halogens is 1. The van der Waals surface area contributed by atoms with Crippen molar-refractivity contribution in [2.45, 2.75) is 24.2 Å². The molecule has 2 aliphatic carbocycles. The zero-order valence-electron chi connectivity index (χ0n) is 25.8. The van der Waals surface area contributed by atoms with Gasteiger partial charge in [0.1, 0.15) is 5.75 Å². The number of rotatable bonds is 5. The number of para-hydroxylation sites is 1. The molecule has 2 saturated heterocycles. The number of nitro groups is 1. The molecule has 4 amide bonds. The number of allylic oxidation sites excluding steroid dienone is 2. The maximum atomic E-state index is 15.2. The van der Waals surface area contributed by atoms with Crippen LogP contribution in [0.4, 0.5) is 17.1 Å². The summed E-state index contributed by atoms with van der Waals surface area (Å²) in [5, 5.41) is 23.3. The molecule has 0 unspecified atom stereocenters. The molecule has 8 rings (SSSR count). The second-order valence-corrected chi connectivity index (χ2v) is 13.4. The molecular formula is C38H28ClN3O7. The number of phenols is 1. The second-order valence-electron chi connectivity index (χ2n) is 12.9. The number of fused-ring (bicyclic) bond motifs is 4. The van der Waals surface area contributed by atoms with E-state index in [0.717, 1.165) is 4.90 Å². The maximum absolute atomic E-state index is 15.2. The van der Waals surface area contributed by atoms with Gasteiger partial charge in [0.2, 0.25) is 23.6 Å². The van der Waals surface area contributed by atoms with Crippen LogP contribution in [-0.2, 0) is 24.6 Å². The van der Waals surface area contributed by atoms with Crippen molar-refractivity contribution < 1.29 is 29.2 Å². The Morgan fingerprint density at radius 3 is 2.18 bits per heavy atom. The summed E-state index contributed by atoms with van der Waals surface area (Å²) < 4.78 is 0. The van der Waals surface area contributed by atoms with Gasteiger partial charge in [-0.1, -0.05) is 83.9 Å². The molecule has 244 valence electrons. The summed E-state index contributed by atoms with van der Waals surface area (Å²) in [6.07, 6.45) is 2.15. The Labute approximate surface area is 285 Å². The standard InChI is InChI=1S/C38H28ClN3O7/c39-22-10-6-11-23(18-22)41-35(45)30-20-29-26(16-17-28-32(29)36(46)40(34(28)44)24-12-7-13-25(19-24)42(48)49)33(27-14-4-5-15-31(27)43)38(30,37(41)47)21-8-2-1-3-9-21/h1-16,18-19,28-30,32-33,43H,17,20H2/t28-,29+,30-,32-,33+,38+/m0/s1. The molecule has 1 saturated carbocycles. The number of phenolic OH excluding ortho intramolecular Hbond substituents is 1. The number of nitro benzene ring substituents is 1. The van der Waals surface area contributed by atoms with Gasteiger partial charge in [-0.25, -0.2) is 9.80 Å². The molecule has 3 fully saturated rings. The zero-order valence-corrected chi connectivity index (χ0v) is 26.6. The van der Waals surface area contributed by atoms with E-state index < -0.39 is 63.6 Å². The lowest BCUT2D eigenvalue weighted by Gasteiger charge is -2.50. The monoisotopic (exact) mass is 673 g/mol. The van der Waals surface area contributed by atoms with Crippen LogP contribution in [0.25, 0.3) is 0 Å². The molecule has 6 atom stereocenters. The van der Waals surface area contributed by atoms with E-state index in [4.69, 9.17) is 11.6 Å². The van der Waals surface area contributed by atoms with Gasteiger partial charge >= 0.3 is 0 Å². The van der Waals surface area contributed by atoms with E-state index in [1.807, 2.05) is 24.3 Å². The highest BCUT2D eigenvalue weighted by Gasteiger charge is 2.70. The number of benzene rings is 4. The molecule has 4 aromatic rings. The Morgan fingerprint density at radius 1 is 0.776 bits per heavy atom. The lowest BCUT2D eigenvalue weighted by atomic mass is 9.49. The highest BCUT2D eigenvalue weighted by atomic mass is 35.5. The molecule has 4 aliphatic rings. The summed E-state index contributed by atoms with van der Waals surface area (Å²) in [6, 6.07) is 27.7. The average molecular weight is 674 g/mol. The number of anilines is 2. The van der Waals surface area contributed by atoms with Gasteiger partial charge in [0.25, 0.3) is 5.69 Å². The fourth-order valence-electron chi connectivity index (χ4n) is 8.82. The topological polar surface area (TPSA) is 138 Å². The first-order valence-electron chi connectivity index (χ1n) is 15.9. The number of amides is 4. The summed E-state index contributed by atoms with van der Waals surface area (Å²) in [7, 11) is 0. The van der Waals surface area contributed by atoms with E-state index in [9.17, 15) is 29.6 Å². The van der Waals surface area contributed by atoms with Crippen molar-refractivity contribution in [3.8, 4) is 5.75 Å². The quantitative estimate of drug-likeness (QED) is 0.113. The Kier molecular flexibility index (Phi) is 7.04. The van der Waals surface area contributed by atoms with Crippen molar-refractivity contribution in [1.29, 1.82) is 0 Å². The summed E-state index contributed by atoms with van der Waals surface area (Å²) in [6.45, 7) is 0. The van der Waals surface area contributed by atoms with Crippen LogP contribution in [0.5, 0.6) is 5.75 Å². The minimum Gasteiger partial charge on any atom is -0.508 e. The van der Waals surface area contributed by atoms with Gasteiger partial charge in [-0.15, -0.1) is 0 Å². The number of hydrogen-bond donors (Lipinski definition) is 1. The van der Waals surface area contributed by atoms with E-state index in [0.29, 0.717) is 27.4 Å². The van der Waals surface area contributed by atoms with Crippen molar-refractivity contribution in [2.24, 2.45) is 23.7 Å². The molecule has 10 nitrogen and oxygen atoms in total. The van der Waals surface area contributed by atoms with Crippen LogP contribution >= 0.6 is 11.6 Å². The number of carbonyl (C=O) groups is 4. The molecule has 1 N–H and O–H groups in total. The Bertz CT molecular complexity index is 2130. The highest BCUT2D eigenvalue weighted by Crippen LogP contribution is 2.65. The molecule has 4 aromatic carbocycles. The molecule has 0 radical (unpaired) electrons. The van der Waals surface area contributed by atoms with Gasteiger partial charge in [-0.2, -0.15) is 0 Å². The minimum absolute atomic E-state index is 0.0706. The van der Waals surface area contributed by atoms with E-state index in [-0.39, 0.29) is 30.0 Å². The lowest BCUT2D eigenvalue weighted by Crippen LogP contribution is -2.53. The minimum atomic E-state index is -1.51. The number of hydrogen-bond acceptors (Lipinski definition) is 7. The van der Waals surface area contributed by atoms with Gasteiger partial charge < -0.3 is 5.11 Å². The summed E-state index contributed by atoms with van der Waals surface area (Å²) >= 11 is 6.35. The third-order valence-corrected chi connectivity index (χ3v) is 10.9. The van der Waals surface area contributed by atoms with E-state index in [1.165, 1.54) is 35.2 Å². The van der Waals surface area contributed by atoms with Crippen molar-refractivity contribution in [3.05, 3.63) is 141 Å². The largest absolute Gasteiger partial charge is 0.508 e. The predicted octanol–water partition coefficient (Wildman–Crippen LogP) is 6.32. The average Bonchev–Trinajstić information content (AvgIpc) is 3.49. The number of aromatic hydroxyl groups is 1. The third-order valence-electron chi connectivity index (χ3n) is 10.7. The smallest absolute Gasteiger partial charge is 0.271 e. The number of carbonyl (C=O) groups excluding carboxylic acids is 4. The van der Waals surface area contributed by atoms with Crippen LogP contribution in [0.2, 0.25) is 5.02 Å². The Balaban J connectivity index is 1.34. The molecule has 11 heteroatoms. The first-order valence-corrected chi connectivity index (χ1v) is 16.3. The number of nitrogens with zero attached hydrogens (tertiary/aromatic N) is 3. The van der Waals surface area contributed by atoms with E-state index in [1.54, 1.807) is 54.6 Å². The van der Waals surface area contributed by atoms with Crippen LogP contribution < -0.4 is 9.80 Å². The molecule has 0 aromatic heterocycles. The van der Waals surface area contributed by atoms with Gasteiger partial charge in [0.05, 0.1) is 39.5 Å². The van der Waals surface area contributed by atoms with E-state index >= 15 is 4.79 Å². The molecule has 2 aliphatic heterocycles. The fourth-order valence-corrected chi connectivity index (χ4v) is 9.00. The molecule has 0 spiro atoms. The van der Waals surface area contributed by atoms with Crippen molar-refractivity contribution >= 4 is 52.3 Å². The summed E-state index contributed by atoms with van der Waals surface area (Å²) in [5.74, 6) is -6.18. The maximum Gasteiger partial charge on any atom is 0.271 e. The molecule has 2 heterocycles. The highest BCUT2D eigenvalue weighted by molar-refractivity contribution is 6.32. The third kappa shape index (κ3) is 4.33. The van der Waals surface area contributed by atoms with Crippen molar-refractivity contribution in [2.75, 3.05) is 9.80 Å². The number of imide groups is 2. The number of non-ortho nitro benzene ring substituents is 1. The fraction of sp³-hybridized carbons (Fsp3) is 0.211. The van der Waals surface area contributed by atoms with Crippen LogP contribution in [0, 0.1) is 33.8 Å². The second kappa shape index (κ2) is 11.2. The first kappa shape index (κ1) is 30.7. The van der Waals surface area contributed by atoms with Gasteiger partial charge in [-0.05, 0) is 54.7 Å². The summed E-state index contributed by atoms with van der Waals surface area (Å²) in [5.41, 5.74) is 0.344. The van der Waals surface area contributed by atoms with Gasteiger partial charge in [-0.3, -0.25) is 29.3 Å². The SMILES string of the molecule is O=C1[C@H]2[C@H](CC=C3[C@H]2C[C@H]2C(=O)N(c4cccc(Cl)c4)C(=O)[C@@]2(c2ccccc2)[C@H]3c2ccccc2O)C(=O)N1c1cccc([N+](=O)[O-])c1. The van der Waals surface area contributed by atoms with Crippen LogP contribution in [0.1, 0.15) is 29.9 Å². The predicted molar refractivity (Wildman–Crippen MR) is 180 cm³/mol. The zero-order chi connectivity index (χ0) is 34.2. The molecule has 49 heavy (non-hydrogen) atoms. The van der Waals surface area contributed by atoms with E-state index in [2.05, 4.69) is 0 Å². The van der Waals surface area contributed by atoms with Crippen LogP contribution in [-0.4, -0.2) is 33.7 Å². The molecular weight excluding hydrogens is 646 g/mol. The van der Waals surface area contributed by atoms with Crippen molar-refractivity contribution in [1.82, 2.24) is 0 Å². The first-order chi connectivity index (χ1) is 23.6. The van der Waals surface area contributed by atoms with Gasteiger partial charge in [0.15, 0.2) is 0 Å². The Hall–Kier alpha value is -5.61.